The molecule has 1 aromatic rings. The fraction of sp³-hybridized carbons (Fsp3) is 0.556. The summed E-state index contributed by atoms with van der Waals surface area (Å²) in [6.45, 7) is 2.82. The van der Waals surface area contributed by atoms with Crippen LogP contribution in [-0.2, 0) is 10.0 Å². The van der Waals surface area contributed by atoms with Crippen LogP contribution < -0.4 is 15.4 Å². The third kappa shape index (κ3) is 4.63. The average molecular weight is 294 g/mol. The molecule has 0 bridgehead atoms. The lowest BCUT2D eigenvalue weighted by Gasteiger charge is -2.09. The molecule has 102 valence electrons. The summed E-state index contributed by atoms with van der Waals surface area (Å²) in [7, 11) is -1.87. The first-order valence-electron chi connectivity index (χ1n) is 5.40. The van der Waals surface area contributed by atoms with Gasteiger partial charge in [-0.05, 0) is 14.0 Å². The molecule has 1 aromatic heterocycles. The topological polar surface area (TPSA) is 96.0 Å². The minimum atomic E-state index is -3.24. The number of nitrogens with one attached hydrogen (secondary N) is 3. The van der Waals surface area contributed by atoms with Gasteiger partial charge in [0.25, 0.3) is 0 Å². The number of nitrogens with zero attached hydrogens (tertiary/aromatic N) is 2. The first kappa shape index (κ1) is 14.9. The van der Waals surface area contributed by atoms with Crippen molar-refractivity contribution in [3.63, 3.8) is 0 Å². The normalized spacial score (nSPS) is 11.3. The number of hydrogen-bond donors (Lipinski definition) is 3. The Kier molecular flexibility index (Phi) is 5.57. The molecule has 0 aliphatic rings. The van der Waals surface area contributed by atoms with Gasteiger partial charge in [0.1, 0.15) is 5.02 Å². The molecule has 9 heteroatoms. The van der Waals surface area contributed by atoms with Gasteiger partial charge in [-0.1, -0.05) is 11.6 Å². The maximum Gasteiger partial charge on any atom is 0.224 e. The maximum absolute atomic E-state index is 11.2. The Balaban J connectivity index is 2.64. The molecule has 0 aliphatic carbocycles. The molecule has 0 fully saturated rings. The number of anilines is 2. The van der Waals surface area contributed by atoms with Crippen molar-refractivity contribution in [1.82, 2.24) is 14.7 Å². The average Bonchev–Trinajstić information content (AvgIpc) is 2.33. The molecular weight excluding hydrogens is 278 g/mol. The van der Waals surface area contributed by atoms with E-state index in [0.717, 1.165) is 0 Å². The van der Waals surface area contributed by atoms with Crippen molar-refractivity contribution in [3.05, 3.63) is 11.2 Å². The number of hydrogen-bond acceptors (Lipinski definition) is 6. The Morgan fingerprint density at radius 1 is 1.39 bits per heavy atom. The smallest absolute Gasteiger partial charge is 0.224 e. The third-order valence-corrected chi connectivity index (χ3v) is 3.69. The van der Waals surface area contributed by atoms with Crippen LogP contribution in [0.3, 0.4) is 0 Å². The molecule has 3 N–H and O–H groups in total. The van der Waals surface area contributed by atoms with Gasteiger partial charge in [-0.25, -0.2) is 18.1 Å². The van der Waals surface area contributed by atoms with Gasteiger partial charge in [-0.15, -0.1) is 0 Å². The molecule has 7 nitrogen and oxygen atoms in total. The van der Waals surface area contributed by atoms with Crippen LogP contribution in [-0.4, -0.2) is 44.3 Å². The van der Waals surface area contributed by atoms with Gasteiger partial charge in [-0.2, -0.15) is 4.98 Å². The molecule has 0 atom stereocenters. The standard InChI is InChI=1S/C9H16ClN5O2S/c1-3-12-9-14-6-7(10)8(15-9)13-4-5-18(16,17)11-2/h6,11H,3-5H2,1-2H3,(H2,12,13,14,15). The van der Waals surface area contributed by atoms with E-state index in [0.29, 0.717) is 23.3 Å². The molecule has 0 aliphatic heterocycles. The zero-order valence-electron chi connectivity index (χ0n) is 10.2. The second-order valence-electron chi connectivity index (χ2n) is 3.37. The maximum atomic E-state index is 11.2. The van der Waals surface area contributed by atoms with E-state index in [1.54, 1.807) is 0 Å². The number of sulfonamides is 1. The van der Waals surface area contributed by atoms with Crippen molar-refractivity contribution in [3.8, 4) is 0 Å². The molecule has 0 saturated carbocycles. The molecule has 1 rings (SSSR count). The highest BCUT2D eigenvalue weighted by molar-refractivity contribution is 7.89. The Bertz CT molecular complexity index is 494. The van der Waals surface area contributed by atoms with E-state index in [-0.39, 0.29) is 12.3 Å². The lowest BCUT2D eigenvalue weighted by atomic mass is 10.5. The monoisotopic (exact) mass is 293 g/mol. The van der Waals surface area contributed by atoms with Crippen molar-refractivity contribution >= 4 is 33.4 Å². The van der Waals surface area contributed by atoms with Crippen LogP contribution in [0.2, 0.25) is 5.02 Å². The predicted octanol–water partition coefficient (Wildman–Crippen LogP) is 0.523. The molecule has 1 heterocycles. The number of halogens is 1. The van der Waals surface area contributed by atoms with Crippen LogP contribution in [0.15, 0.2) is 6.20 Å². The minimum absolute atomic E-state index is 0.0552. The molecule has 0 unspecified atom stereocenters. The number of aromatic nitrogens is 2. The summed E-state index contributed by atoms with van der Waals surface area (Å²) in [5.41, 5.74) is 0. The van der Waals surface area contributed by atoms with Gasteiger partial charge in [-0.3, -0.25) is 0 Å². The SMILES string of the molecule is CCNc1ncc(Cl)c(NCCS(=O)(=O)NC)n1. The fourth-order valence-corrected chi connectivity index (χ4v) is 1.87. The Morgan fingerprint density at radius 3 is 2.72 bits per heavy atom. The third-order valence-electron chi connectivity index (χ3n) is 2.05. The first-order chi connectivity index (χ1) is 8.48. The van der Waals surface area contributed by atoms with E-state index >= 15 is 0 Å². The quantitative estimate of drug-likeness (QED) is 0.678. The highest BCUT2D eigenvalue weighted by Crippen LogP contribution is 2.18. The van der Waals surface area contributed by atoms with E-state index in [1.807, 2.05) is 6.92 Å². The fourth-order valence-electron chi connectivity index (χ4n) is 1.14. The van der Waals surface area contributed by atoms with E-state index < -0.39 is 10.0 Å². The first-order valence-corrected chi connectivity index (χ1v) is 7.43. The second-order valence-corrected chi connectivity index (χ2v) is 5.82. The van der Waals surface area contributed by atoms with Gasteiger partial charge in [0.2, 0.25) is 16.0 Å². The van der Waals surface area contributed by atoms with E-state index in [2.05, 4.69) is 25.3 Å². The van der Waals surface area contributed by atoms with Crippen LogP contribution in [0, 0.1) is 0 Å². The largest absolute Gasteiger partial charge is 0.368 e. The van der Waals surface area contributed by atoms with Gasteiger partial charge in [0.15, 0.2) is 5.82 Å². The molecule has 0 radical (unpaired) electrons. The Labute approximate surface area is 111 Å². The molecule has 0 saturated heterocycles. The van der Waals surface area contributed by atoms with E-state index in [1.165, 1.54) is 13.2 Å². The zero-order chi connectivity index (χ0) is 13.6. The highest BCUT2D eigenvalue weighted by atomic mass is 35.5. The van der Waals surface area contributed by atoms with E-state index in [9.17, 15) is 8.42 Å². The molecule has 0 aromatic carbocycles. The van der Waals surface area contributed by atoms with Crippen LogP contribution in [0.4, 0.5) is 11.8 Å². The Morgan fingerprint density at radius 2 is 2.11 bits per heavy atom. The number of rotatable bonds is 7. The van der Waals surface area contributed by atoms with Gasteiger partial charge < -0.3 is 10.6 Å². The Hall–Kier alpha value is -1.12. The molecular formula is C9H16ClN5O2S. The summed E-state index contributed by atoms with van der Waals surface area (Å²) in [5.74, 6) is 0.801. The molecule has 0 spiro atoms. The molecule has 18 heavy (non-hydrogen) atoms. The van der Waals surface area contributed by atoms with Crippen molar-refractivity contribution < 1.29 is 8.42 Å². The predicted molar refractivity (Wildman–Crippen MR) is 72.5 cm³/mol. The van der Waals surface area contributed by atoms with Crippen molar-refractivity contribution in [1.29, 1.82) is 0 Å². The highest BCUT2D eigenvalue weighted by Gasteiger charge is 2.08. The second kappa shape index (κ2) is 6.72. The summed E-state index contributed by atoms with van der Waals surface area (Å²) in [5, 5.41) is 6.15. The van der Waals surface area contributed by atoms with Crippen LogP contribution in [0.25, 0.3) is 0 Å². The van der Waals surface area contributed by atoms with Crippen LogP contribution in [0.1, 0.15) is 6.92 Å². The van der Waals surface area contributed by atoms with Crippen molar-refractivity contribution in [2.75, 3.05) is 36.5 Å². The summed E-state index contributed by atoms with van der Waals surface area (Å²) in [6, 6.07) is 0. The lowest BCUT2D eigenvalue weighted by molar-refractivity contribution is 0.588. The molecule has 0 amide bonds. The summed E-state index contributed by atoms with van der Waals surface area (Å²) in [4.78, 5) is 8.10. The van der Waals surface area contributed by atoms with Crippen LogP contribution >= 0.6 is 11.6 Å². The summed E-state index contributed by atoms with van der Waals surface area (Å²) in [6.07, 6.45) is 1.46. The minimum Gasteiger partial charge on any atom is -0.368 e. The summed E-state index contributed by atoms with van der Waals surface area (Å²) >= 11 is 5.90. The van der Waals surface area contributed by atoms with Gasteiger partial charge in [0.05, 0.1) is 11.9 Å². The summed E-state index contributed by atoms with van der Waals surface area (Å²) < 4.78 is 24.7. The zero-order valence-corrected chi connectivity index (χ0v) is 11.8. The van der Waals surface area contributed by atoms with Crippen molar-refractivity contribution in [2.45, 2.75) is 6.92 Å². The van der Waals surface area contributed by atoms with Gasteiger partial charge in [0, 0.05) is 13.1 Å². The van der Waals surface area contributed by atoms with Gasteiger partial charge >= 0.3 is 0 Å². The van der Waals surface area contributed by atoms with E-state index in [4.69, 9.17) is 11.6 Å². The lowest BCUT2D eigenvalue weighted by Crippen LogP contribution is -2.26. The van der Waals surface area contributed by atoms with Crippen molar-refractivity contribution in [2.24, 2.45) is 0 Å². The van der Waals surface area contributed by atoms with Crippen LogP contribution in [0.5, 0.6) is 0 Å².